The second-order valence-electron chi connectivity index (χ2n) is 6.47. The average Bonchev–Trinajstić information content (AvgIpc) is 3.08. The third kappa shape index (κ3) is 4.21. The summed E-state index contributed by atoms with van der Waals surface area (Å²) in [7, 11) is 0. The maximum absolute atomic E-state index is 11.9. The molecule has 0 spiro atoms. The van der Waals surface area contributed by atoms with Crippen LogP contribution >= 0.6 is 0 Å². The van der Waals surface area contributed by atoms with Gasteiger partial charge in [0.1, 0.15) is 17.3 Å². The molecule has 5 nitrogen and oxygen atoms in total. The van der Waals surface area contributed by atoms with Crippen LogP contribution in [0.5, 0.6) is 0 Å². The first-order valence-corrected chi connectivity index (χ1v) is 8.53. The molecule has 1 atom stereocenters. The fraction of sp³-hybridized carbons (Fsp3) is 0.667. The Morgan fingerprint density at radius 3 is 2.70 bits per heavy atom. The molecular formula is C18H27N2O3+. The zero-order valence-corrected chi connectivity index (χ0v) is 14.4. The van der Waals surface area contributed by atoms with Crippen LogP contribution < -0.4 is 4.90 Å². The number of likely N-dealkylation sites (tertiary alicyclic amines) is 1. The van der Waals surface area contributed by atoms with Gasteiger partial charge in [-0.15, -0.1) is 0 Å². The van der Waals surface area contributed by atoms with E-state index in [0.717, 1.165) is 31.5 Å². The highest BCUT2D eigenvalue weighted by atomic mass is 16.5. The van der Waals surface area contributed by atoms with Gasteiger partial charge in [-0.25, -0.2) is 4.79 Å². The predicted molar refractivity (Wildman–Crippen MR) is 86.6 cm³/mol. The van der Waals surface area contributed by atoms with Gasteiger partial charge >= 0.3 is 5.97 Å². The minimum atomic E-state index is -0.554. The second-order valence-corrected chi connectivity index (χ2v) is 6.47. The molecule has 1 fully saturated rings. The van der Waals surface area contributed by atoms with Gasteiger partial charge in [0.15, 0.2) is 0 Å². The van der Waals surface area contributed by atoms with Crippen molar-refractivity contribution in [1.29, 1.82) is 5.26 Å². The molecule has 0 aromatic carbocycles. The molecule has 1 N–H and O–H groups in total. The Kier molecular flexibility index (Phi) is 5.97. The zero-order chi connectivity index (χ0) is 16.9. The lowest BCUT2D eigenvalue weighted by atomic mass is 9.90. The summed E-state index contributed by atoms with van der Waals surface area (Å²) >= 11 is 0. The second kappa shape index (κ2) is 7.76. The van der Waals surface area contributed by atoms with Crippen molar-refractivity contribution >= 4 is 5.97 Å². The van der Waals surface area contributed by atoms with Gasteiger partial charge in [-0.1, -0.05) is 6.92 Å². The standard InChI is InChI=1S/C18H26N2O3/c1-4-18(3)11-16(20-8-6-7-9-20)15(13-23-18)10-14(12-19)17(21)22-5-2/h10H,4-9,11,13H2,1-3H3/p+1/b14-10-/t18-/m1/s1. The Morgan fingerprint density at radius 2 is 2.13 bits per heavy atom. The number of nitrogens with zero attached hydrogens (tertiary/aromatic N) is 1. The maximum Gasteiger partial charge on any atom is 0.348 e. The number of carbonyl (C=O) groups excluding carboxylic acids is 1. The zero-order valence-electron chi connectivity index (χ0n) is 14.4. The van der Waals surface area contributed by atoms with E-state index in [-0.39, 0.29) is 17.8 Å². The van der Waals surface area contributed by atoms with E-state index >= 15 is 0 Å². The summed E-state index contributed by atoms with van der Waals surface area (Å²) < 4.78 is 11.0. The fourth-order valence-electron chi connectivity index (χ4n) is 3.21. The molecule has 2 aliphatic rings. The molecular weight excluding hydrogens is 292 g/mol. The number of esters is 1. The molecule has 0 saturated carbocycles. The van der Waals surface area contributed by atoms with E-state index in [4.69, 9.17) is 9.47 Å². The molecule has 0 aromatic rings. The van der Waals surface area contributed by atoms with Crippen LogP contribution in [0, 0.1) is 11.3 Å². The minimum absolute atomic E-state index is 0.0571. The summed E-state index contributed by atoms with van der Waals surface area (Å²) in [6.07, 6.45) is 5.93. The van der Waals surface area contributed by atoms with Gasteiger partial charge < -0.3 is 14.4 Å². The van der Waals surface area contributed by atoms with Gasteiger partial charge in [-0.2, -0.15) is 5.26 Å². The highest BCUT2D eigenvalue weighted by Gasteiger charge is 2.36. The summed E-state index contributed by atoms with van der Waals surface area (Å²) in [5, 5.41) is 9.26. The molecule has 5 heteroatoms. The molecule has 126 valence electrons. The van der Waals surface area contributed by atoms with Crippen molar-refractivity contribution in [3.8, 4) is 6.07 Å². The van der Waals surface area contributed by atoms with Crippen LogP contribution in [-0.4, -0.2) is 37.9 Å². The predicted octanol–water partition coefficient (Wildman–Crippen LogP) is 1.52. The highest BCUT2D eigenvalue weighted by molar-refractivity contribution is 5.93. The summed E-state index contributed by atoms with van der Waals surface area (Å²) in [4.78, 5) is 13.3. The molecule has 0 aliphatic carbocycles. The smallest absolute Gasteiger partial charge is 0.348 e. The molecule has 0 amide bonds. The number of nitriles is 1. The van der Waals surface area contributed by atoms with E-state index in [0.29, 0.717) is 6.61 Å². The molecule has 1 saturated heterocycles. The van der Waals surface area contributed by atoms with Crippen molar-refractivity contribution in [2.45, 2.75) is 52.1 Å². The number of hydrogen-bond acceptors (Lipinski definition) is 4. The fourth-order valence-corrected chi connectivity index (χ4v) is 3.21. The van der Waals surface area contributed by atoms with E-state index in [1.165, 1.54) is 23.4 Å². The van der Waals surface area contributed by atoms with Crippen LogP contribution in [0.1, 0.15) is 46.5 Å². The van der Waals surface area contributed by atoms with Crippen molar-refractivity contribution in [2.24, 2.45) is 0 Å². The molecule has 0 radical (unpaired) electrons. The summed E-state index contributed by atoms with van der Waals surface area (Å²) in [6.45, 7) is 8.97. The lowest BCUT2D eigenvalue weighted by Crippen LogP contribution is -3.08. The Balaban J connectivity index is 2.35. The summed E-state index contributed by atoms with van der Waals surface area (Å²) in [5.74, 6) is -0.554. The summed E-state index contributed by atoms with van der Waals surface area (Å²) in [5.41, 5.74) is 2.17. The first-order chi connectivity index (χ1) is 11.0. The van der Waals surface area contributed by atoms with E-state index < -0.39 is 5.97 Å². The first kappa shape index (κ1) is 17.7. The third-order valence-electron chi connectivity index (χ3n) is 4.83. The lowest BCUT2D eigenvalue weighted by Gasteiger charge is -2.36. The van der Waals surface area contributed by atoms with E-state index in [2.05, 4.69) is 13.8 Å². The Morgan fingerprint density at radius 1 is 1.43 bits per heavy atom. The van der Waals surface area contributed by atoms with E-state index in [1.807, 2.05) is 6.07 Å². The molecule has 0 bridgehead atoms. The Labute approximate surface area is 138 Å². The van der Waals surface area contributed by atoms with Crippen LogP contribution in [0.15, 0.2) is 22.9 Å². The number of rotatable bonds is 5. The molecule has 2 aliphatic heterocycles. The monoisotopic (exact) mass is 319 g/mol. The number of carbonyl (C=O) groups is 1. The lowest BCUT2D eigenvalue weighted by molar-refractivity contribution is -0.850. The van der Waals surface area contributed by atoms with Crippen LogP contribution in [0.4, 0.5) is 0 Å². The van der Waals surface area contributed by atoms with Crippen LogP contribution in [0.3, 0.4) is 0 Å². The van der Waals surface area contributed by atoms with Crippen molar-refractivity contribution in [2.75, 3.05) is 26.3 Å². The summed E-state index contributed by atoms with van der Waals surface area (Å²) in [6, 6.07) is 1.97. The van der Waals surface area contributed by atoms with Gasteiger partial charge in [-0.3, -0.25) is 0 Å². The van der Waals surface area contributed by atoms with Crippen LogP contribution in [0.25, 0.3) is 0 Å². The normalized spacial score (nSPS) is 26.3. The maximum atomic E-state index is 11.9. The quantitative estimate of drug-likeness (QED) is 0.474. The number of hydrogen-bond donors (Lipinski definition) is 1. The SMILES string of the molecule is CCOC(=O)/C(C#N)=C\C1=C([NH+]2CCCC2)C[C@@](C)(CC)OC1. The van der Waals surface area contributed by atoms with Crippen LogP contribution in [0.2, 0.25) is 0 Å². The molecule has 2 rings (SSSR count). The van der Waals surface area contributed by atoms with E-state index in [9.17, 15) is 10.1 Å². The Hall–Kier alpha value is -1.64. The number of ether oxygens (including phenoxy) is 2. The van der Waals surface area contributed by atoms with Crippen molar-refractivity contribution < 1.29 is 19.2 Å². The molecule has 0 unspecified atom stereocenters. The van der Waals surface area contributed by atoms with Crippen molar-refractivity contribution in [1.82, 2.24) is 0 Å². The van der Waals surface area contributed by atoms with Crippen LogP contribution in [-0.2, 0) is 14.3 Å². The van der Waals surface area contributed by atoms with Gasteiger partial charge in [-0.05, 0) is 26.3 Å². The molecule has 0 aromatic heterocycles. The van der Waals surface area contributed by atoms with Gasteiger partial charge in [0.2, 0.25) is 0 Å². The Bertz CT molecular complexity index is 553. The highest BCUT2D eigenvalue weighted by Crippen LogP contribution is 2.30. The molecule has 2 heterocycles. The molecule has 23 heavy (non-hydrogen) atoms. The van der Waals surface area contributed by atoms with Gasteiger partial charge in [0, 0.05) is 18.4 Å². The minimum Gasteiger partial charge on any atom is -0.462 e. The van der Waals surface area contributed by atoms with Crippen molar-refractivity contribution in [3.05, 3.63) is 22.9 Å². The topological polar surface area (TPSA) is 63.8 Å². The first-order valence-electron chi connectivity index (χ1n) is 8.53. The van der Waals surface area contributed by atoms with Gasteiger partial charge in [0.25, 0.3) is 0 Å². The average molecular weight is 319 g/mol. The third-order valence-corrected chi connectivity index (χ3v) is 4.83. The van der Waals surface area contributed by atoms with Gasteiger partial charge in [0.05, 0.1) is 38.3 Å². The number of nitrogens with one attached hydrogen (secondary N) is 1. The number of quaternary nitrogens is 1. The largest absolute Gasteiger partial charge is 0.462 e. The van der Waals surface area contributed by atoms with Crippen molar-refractivity contribution in [3.63, 3.8) is 0 Å². The van der Waals surface area contributed by atoms with E-state index in [1.54, 1.807) is 13.0 Å².